The van der Waals surface area contributed by atoms with Gasteiger partial charge in [0.2, 0.25) is 5.91 Å². The van der Waals surface area contributed by atoms with Crippen molar-refractivity contribution >= 4 is 5.91 Å². The van der Waals surface area contributed by atoms with Gasteiger partial charge in [0.05, 0.1) is 0 Å². The van der Waals surface area contributed by atoms with E-state index >= 15 is 0 Å². The lowest BCUT2D eigenvalue weighted by molar-refractivity contribution is -0.142. The van der Waals surface area contributed by atoms with Crippen molar-refractivity contribution in [1.82, 2.24) is 24.9 Å². The molecule has 2 aromatic heterocycles. The number of alkyl halides is 6. The maximum Gasteiger partial charge on any atom is 0.435 e. The number of aromatic nitrogens is 4. The number of amides is 1. The van der Waals surface area contributed by atoms with E-state index in [9.17, 15) is 31.1 Å². The maximum absolute atomic E-state index is 12.9. The zero-order valence-electron chi connectivity index (χ0n) is 16.1. The molecule has 0 unspecified atom stereocenters. The molecule has 0 atom stereocenters. The fourth-order valence-corrected chi connectivity index (χ4v) is 3.08. The lowest BCUT2D eigenvalue weighted by atomic mass is 10.2. The summed E-state index contributed by atoms with van der Waals surface area (Å²) in [5.41, 5.74) is -1.07. The highest BCUT2D eigenvalue weighted by Crippen LogP contribution is 2.42. The third-order valence-electron chi connectivity index (χ3n) is 4.79. The molecule has 1 saturated carbocycles. The van der Waals surface area contributed by atoms with Gasteiger partial charge in [-0.1, -0.05) is 0 Å². The zero-order valence-corrected chi connectivity index (χ0v) is 16.1. The van der Waals surface area contributed by atoms with Gasteiger partial charge >= 0.3 is 12.4 Å². The van der Waals surface area contributed by atoms with Gasteiger partial charge in [-0.2, -0.15) is 36.5 Å². The van der Waals surface area contributed by atoms with Gasteiger partial charge in [0.25, 0.3) is 0 Å². The van der Waals surface area contributed by atoms with E-state index in [0.29, 0.717) is 17.8 Å². The van der Waals surface area contributed by atoms with Gasteiger partial charge in [-0.3, -0.25) is 14.2 Å². The summed E-state index contributed by atoms with van der Waals surface area (Å²) < 4.78 is 79.0. The van der Waals surface area contributed by atoms with E-state index in [-0.39, 0.29) is 37.9 Å². The van der Waals surface area contributed by atoms with Gasteiger partial charge < -0.3 is 5.32 Å². The van der Waals surface area contributed by atoms with Crippen LogP contribution in [0, 0.1) is 6.92 Å². The average Bonchev–Trinajstić information content (AvgIpc) is 3.26. The molecule has 166 valence electrons. The summed E-state index contributed by atoms with van der Waals surface area (Å²) in [5, 5.41) is 9.71. The minimum absolute atomic E-state index is 0.00628. The Balaban J connectivity index is 1.45. The van der Waals surface area contributed by atoms with E-state index in [1.54, 1.807) is 0 Å². The fourth-order valence-electron chi connectivity index (χ4n) is 3.08. The van der Waals surface area contributed by atoms with Crippen molar-refractivity contribution in [2.24, 2.45) is 0 Å². The van der Waals surface area contributed by atoms with Crippen LogP contribution < -0.4 is 5.32 Å². The number of rotatable bonds is 8. The third kappa shape index (κ3) is 5.54. The number of aryl methyl sites for hydroxylation is 3. The van der Waals surface area contributed by atoms with E-state index in [2.05, 4.69) is 15.5 Å². The summed E-state index contributed by atoms with van der Waals surface area (Å²) in [4.78, 5) is 11.9. The highest BCUT2D eigenvalue weighted by atomic mass is 19.4. The van der Waals surface area contributed by atoms with Crippen LogP contribution in [0.15, 0.2) is 12.1 Å². The van der Waals surface area contributed by atoms with Crippen LogP contribution in [0.2, 0.25) is 0 Å². The SMILES string of the molecule is Cc1cc(C(F)(F)F)nn1CCC(=O)NCCCn1nc(C(F)(F)F)cc1C1CC1. The molecule has 1 aliphatic rings. The van der Waals surface area contributed by atoms with E-state index in [1.807, 2.05) is 0 Å². The Kier molecular flexibility index (Phi) is 6.14. The lowest BCUT2D eigenvalue weighted by Crippen LogP contribution is -2.26. The molecular formula is C18H21F6N5O. The molecule has 30 heavy (non-hydrogen) atoms. The molecule has 1 aliphatic carbocycles. The van der Waals surface area contributed by atoms with Crippen LogP contribution in [0.3, 0.4) is 0 Å². The number of carbonyl (C=O) groups is 1. The van der Waals surface area contributed by atoms with Crippen LogP contribution in [0.25, 0.3) is 0 Å². The summed E-state index contributed by atoms with van der Waals surface area (Å²) in [5.74, 6) is -0.278. The van der Waals surface area contributed by atoms with E-state index in [1.165, 1.54) is 11.6 Å². The van der Waals surface area contributed by atoms with Crippen LogP contribution >= 0.6 is 0 Å². The van der Waals surface area contributed by atoms with Crippen LogP contribution in [0.5, 0.6) is 0 Å². The van der Waals surface area contributed by atoms with Crippen molar-refractivity contribution in [2.45, 2.75) is 64.0 Å². The summed E-state index contributed by atoms with van der Waals surface area (Å²) in [7, 11) is 0. The number of carbonyl (C=O) groups excluding carboxylic acids is 1. The molecule has 0 saturated heterocycles. The Bertz CT molecular complexity index is 894. The summed E-state index contributed by atoms with van der Waals surface area (Å²) >= 11 is 0. The van der Waals surface area contributed by atoms with E-state index in [0.717, 1.165) is 29.7 Å². The molecular weight excluding hydrogens is 416 g/mol. The Hall–Kier alpha value is -2.53. The Morgan fingerprint density at radius 2 is 1.63 bits per heavy atom. The Morgan fingerprint density at radius 3 is 2.20 bits per heavy atom. The van der Waals surface area contributed by atoms with Crippen LogP contribution in [-0.4, -0.2) is 32.0 Å². The number of hydrogen-bond donors (Lipinski definition) is 1. The maximum atomic E-state index is 12.9. The molecule has 0 bridgehead atoms. The Morgan fingerprint density at radius 1 is 1.03 bits per heavy atom. The molecule has 1 N–H and O–H groups in total. The molecule has 2 heterocycles. The standard InChI is InChI=1S/C18H21F6N5O/c1-11-9-14(17(19,20)21)26-28(11)8-5-16(30)25-6-2-7-29-13(12-3-4-12)10-15(27-29)18(22,23)24/h9-10,12H,2-8H2,1H3,(H,25,30). The minimum Gasteiger partial charge on any atom is -0.356 e. The van der Waals surface area contributed by atoms with Gasteiger partial charge in [0, 0.05) is 43.4 Å². The molecule has 0 spiro atoms. The van der Waals surface area contributed by atoms with Crippen LogP contribution in [0.4, 0.5) is 26.3 Å². The van der Waals surface area contributed by atoms with Crippen molar-refractivity contribution in [2.75, 3.05) is 6.54 Å². The van der Waals surface area contributed by atoms with Gasteiger partial charge in [0.1, 0.15) is 0 Å². The fraction of sp³-hybridized carbons (Fsp3) is 0.611. The van der Waals surface area contributed by atoms with Gasteiger partial charge in [-0.05, 0) is 38.3 Å². The smallest absolute Gasteiger partial charge is 0.356 e. The molecule has 1 fully saturated rings. The van der Waals surface area contributed by atoms with Crippen LogP contribution in [-0.2, 0) is 30.2 Å². The zero-order chi connectivity index (χ0) is 22.1. The number of halogens is 6. The van der Waals surface area contributed by atoms with Crippen molar-refractivity contribution in [1.29, 1.82) is 0 Å². The second-order valence-corrected chi connectivity index (χ2v) is 7.29. The van der Waals surface area contributed by atoms with Gasteiger partial charge in [-0.15, -0.1) is 0 Å². The van der Waals surface area contributed by atoms with Gasteiger partial charge in [-0.25, -0.2) is 0 Å². The molecule has 1 amide bonds. The normalized spacial score (nSPS) is 14.9. The number of nitrogens with one attached hydrogen (secondary N) is 1. The minimum atomic E-state index is -4.55. The van der Waals surface area contributed by atoms with E-state index < -0.39 is 23.7 Å². The quantitative estimate of drug-likeness (QED) is 0.503. The van der Waals surface area contributed by atoms with Crippen molar-refractivity contribution < 1.29 is 31.1 Å². The van der Waals surface area contributed by atoms with Crippen molar-refractivity contribution in [3.05, 3.63) is 34.9 Å². The van der Waals surface area contributed by atoms with Gasteiger partial charge in [0.15, 0.2) is 11.4 Å². The summed E-state index contributed by atoms with van der Waals surface area (Å²) in [6, 6.07) is 1.99. The first-order chi connectivity index (χ1) is 13.9. The summed E-state index contributed by atoms with van der Waals surface area (Å²) in [6.45, 7) is 1.91. The number of nitrogens with zero attached hydrogens (tertiary/aromatic N) is 4. The number of hydrogen-bond acceptors (Lipinski definition) is 3. The first-order valence-corrected chi connectivity index (χ1v) is 9.48. The summed E-state index contributed by atoms with van der Waals surface area (Å²) in [6.07, 6.45) is -7.06. The lowest BCUT2D eigenvalue weighted by Gasteiger charge is -2.09. The molecule has 12 heteroatoms. The molecule has 2 aromatic rings. The predicted molar refractivity (Wildman–Crippen MR) is 93.4 cm³/mol. The molecule has 3 rings (SSSR count). The molecule has 6 nitrogen and oxygen atoms in total. The van der Waals surface area contributed by atoms with Crippen molar-refractivity contribution in [3.63, 3.8) is 0 Å². The monoisotopic (exact) mass is 437 g/mol. The van der Waals surface area contributed by atoms with E-state index in [4.69, 9.17) is 0 Å². The molecule has 0 aromatic carbocycles. The second kappa shape index (κ2) is 8.31. The van der Waals surface area contributed by atoms with Crippen LogP contribution in [0.1, 0.15) is 54.4 Å². The topological polar surface area (TPSA) is 64.7 Å². The van der Waals surface area contributed by atoms with Crippen molar-refractivity contribution in [3.8, 4) is 0 Å². The first-order valence-electron chi connectivity index (χ1n) is 9.48. The molecule has 0 aliphatic heterocycles. The Labute approximate surface area is 168 Å². The first kappa shape index (κ1) is 22.2. The average molecular weight is 437 g/mol. The predicted octanol–water partition coefficient (Wildman–Crippen LogP) is 3.90. The third-order valence-corrected chi connectivity index (χ3v) is 4.79. The molecule has 0 radical (unpaired) electrons. The second-order valence-electron chi connectivity index (χ2n) is 7.29. The largest absolute Gasteiger partial charge is 0.435 e. The highest BCUT2D eigenvalue weighted by molar-refractivity contribution is 5.75. The highest BCUT2D eigenvalue weighted by Gasteiger charge is 2.37.